The number of carbonyl (C=O) groups is 1. The second-order valence-corrected chi connectivity index (χ2v) is 8.73. The maximum Gasteiger partial charge on any atom is 0.251 e. The summed E-state index contributed by atoms with van der Waals surface area (Å²) in [5.41, 5.74) is 5.18. The number of hydrogen-bond acceptors (Lipinski definition) is 4. The van der Waals surface area contributed by atoms with E-state index in [4.69, 9.17) is 14.5 Å². The highest BCUT2D eigenvalue weighted by molar-refractivity contribution is 5.94. The van der Waals surface area contributed by atoms with Gasteiger partial charge in [-0.05, 0) is 53.8 Å². The van der Waals surface area contributed by atoms with Gasteiger partial charge in [-0.2, -0.15) is 0 Å². The van der Waals surface area contributed by atoms with Gasteiger partial charge in [-0.1, -0.05) is 50.2 Å². The summed E-state index contributed by atoms with van der Waals surface area (Å²) < 4.78 is 12.8. The molecule has 0 fully saturated rings. The van der Waals surface area contributed by atoms with Crippen LogP contribution >= 0.6 is 0 Å². The van der Waals surface area contributed by atoms with E-state index in [9.17, 15) is 4.79 Å². The van der Waals surface area contributed by atoms with Crippen molar-refractivity contribution < 1.29 is 14.3 Å². The van der Waals surface area contributed by atoms with Crippen molar-refractivity contribution >= 4 is 16.9 Å². The van der Waals surface area contributed by atoms with Crippen LogP contribution in [0.25, 0.3) is 11.0 Å². The Balaban J connectivity index is 1.49. The van der Waals surface area contributed by atoms with Crippen LogP contribution in [0.15, 0.2) is 66.7 Å². The third-order valence-corrected chi connectivity index (χ3v) is 6.52. The minimum absolute atomic E-state index is 0.158. The van der Waals surface area contributed by atoms with E-state index in [1.807, 2.05) is 18.2 Å². The number of fused-ring (bicyclic) bond motifs is 1. The Kier molecular flexibility index (Phi) is 7.70. The number of benzene rings is 3. The van der Waals surface area contributed by atoms with E-state index in [2.05, 4.69) is 54.1 Å². The number of nitrogens with zero attached hydrogens (tertiary/aromatic N) is 2. The zero-order valence-electron chi connectivity index (χ0n) is 20.9. The average molecular weight is 472 g/mol. The molecule has 0 bridgehead atoms. The van der Waals surface area contributed by atoms with Crippen LogP contribution in [0.5, 0.6) is 11.5 Å². The van der Waals surface area contributed by atoms with Crippen LogP contribution in [0.3, 0.4) is 0 Å². The Morgan fingerprint density at radius 2 is 1.74 bits per heavy atom. The highest BCUT2D eigenvalue weighted by Crippen LogP contribution is 2.27. The van der Waals surface area contributed by atoms with Crippen molar-refractivity contribution in [2.24, 2.45) is 0 Å². The fraction of sp³-hybridized carbons (Fsp3) is 0.310. The first kappa shape index (κ1) is 24.3. The number of amides is 1. The zero-order valence-corrected chi connectivity index (χ0v) is 20.9. The molecule has 1 amide bonds. The molecule has 1 unspecified atom stereocenters. The molecular formula is C29H33N3O3. The second kappa shape index (κ2) is 11.1. The molecule has 3 aromatic carbocycles. The Bertz CT molecular complexity index is 1290. The molecule has 4 rings (SSSR count). The molecule has 0 aliphatic heterocycles. The molecule has 0 saturated carbocycles. The highest BCUT2D eigenvalue weighted by atomic mass is 16.5. The summed E-state index contributed by atoms with van der Waals surface area (Å²) >= 11 is 0. The summed E-state index contributed by atoms with van der Waals surface area (Å²) in [5.74, 6) is 2.47. The number of ether oxygens (including phenoxy) is 2. The molecule has 35 heavy (non-hydrogen) atoms. The lowest BCUT2D eigenvalue weighted by atomic mass is 9.98. The largest absolute Gasteiger partial charge is 0.493 e. The quantitative estimate of drug-likeness (QED) is 0.328. The standard InChI is InChI=1S/C29H33N3O3/c1-5-20(2)22-12-10-21(11-13-22)19-32-25-9-7-6-8-24(25)31-28(32)16-17-30-29(33)23-14-15-26(34-3)27(18-23)35-4/h6-15,18,20H,5,16-17,19H2,1-4H3,(H,30,33). The maximum atomic E-state index is 12.7. The third-order valence-electron chi connectivity index (χ3n) is 6.52. The Morgan fingerprint density at radius 1 is 1.00 bits per heavy atom. The van der Waals surface area contributed by atoms with Gasteiger partial charge in [-0.15, -0.1) is 0 Å². The predicted octanol–water partition coefficient (Wildman–Crippen LogP) is 5.59. The lowest BCUT2D eigenvalue weighted by molar-refractivity contribution is 0.0953. The number of hydrogen-bond donors (Lipinski definition) is 1. The van der Waals surface area contributed by atoms with Crippen molar-refractivity contribution in [2.45, 2.75) is 39.2 Å². The van der Waals surface area contributed by atoms with Crippen LogP contribution < -0.4 is 14.8 Å². The first-order valence-corrected chi connectivity index (χ1v) is 12.1. The van der Waals surface area contributed by atoms with Gasteiger partial charge in [0.15, 0.2) is 11.5 Å². The van der Waals surface area contributed by atoms with Gasteiger partial charge in [0.2, 0.25) is 0 Å². The average Bonchev–Trinajstić information content (AvgIpc) is 3.25. The number of para-hydroxylation sites is 2. The van der Waals surface area contributed by atoms with Gasteiger partial charge in [0.1, 0.15) is 5.82 Å². The fourth-order valence-corrected chi connectivity index (χ4v) is 4.23. The second-order valence-electron chi connectivity index (χ2n) is 8.73. The molecular weight excluding hydrogens is 438 g/mol. The minimum Gasteiger partial charge on any atom is -0.493 e. The van der Waals surface area contributed by atoms with Crippen LogP contribution in [0.4, 0.5) is 0 Å². The van der Waals surface area contributed by atoms with E-state index in [0.29, 0.717) is 35.9 Å². The summed E-state index contributed by atoms with van der Waals surface area (Å²) in [7, 11) is 3.13. The number of imidazole rings is 1. The molecule has 6 nitrogen and oxygen atoms in total. The number of methoxy groups -OCH3 is 2. The molecule has 1 N–H and O–H groups in total. The molecule has 0 spiro atoms. The van der Waals surface area contributed by atoms with E-state index in [1.54, 1.807) is 32.4 Å². The van der Waals surface area contributed by atoms with E-state index in [0.717, 1.165) is 29.8 Å². The number of rotatable bonds is 10. The van der Waals surface area contributed by atoms with Gasteiger partial charge in [-0.3, -0.25) is 4.79 Å². The van der Waals surface area contributed by atoms with Crippen molar-refractivity contribution in [3.05, 3.63) is 89.2 Å². The van der Waals surface area contributed by atoms with Crippen molar-refractivity contribution in [1.29, 1.82) is 0 Å². The monoisotopic (exact) mass is 471 g/mol. The molecule has 0 saturated heterocycles. The number of nitrogens with one attached hydrogen (secondary N) is 1. The SMILES string of the molecule is CCC(C)c1ccc(Cn2c(CCNC(=O)c3ccc(OC)c(OC)c3)nc3ccccc32)cc1. The summed E-state index contributed by atoms with van der Waals surface area (Å²) in [5, 5.41) is 3.01. The van der Waals surface area contributed by atoms with Crippen LogP contribution in [-0.2, 0) is 13.0 Å². The first-order valence-electron chi connectivity index (χ1n) is 12.1. The first-order chi connectivity index (χ1) is 17.0. The Hall–Kier alpha value is -3.80. The molecule has 0 aliphatic carbocycles. The van der Waals surface area contributed by atoms with Crippen LogP contribution in [-0.4, -0.2) is 36.2 Å². The highest BCUT2D eigenvalue weighted by Gasteiger charge is 2.14. The van der Waals surface area contributed by atoms with Crippen LogP contribution in [0, 0.1) is 0 Å². The molecule has 1 aromatic heterocycles. The van der Waals surface area contributed by atoms with Crippen LogP contribution in [0.2, 0.25) is 0 Å². The van der Waals surface area contributed by atoms with Crippen molar-refractivity contribution in [3.63, 3.8) is 0 Å². The molecule has 4 aromatic rings. The van der Waals surface area contributed by atoms with Gasteiger partial charge < -0.3 is 19.4 Å². The molecule has 0 radical (unpaired) electrons. The summed E-state index contributed by atoms with van der Waals surface area (Å²) in [6.07, 6.45) is 1.75. The summed E-state index contributed by atoms with van der Waals surface area (Å²) in [4.78, 5) is 17.6. The van der Waals surface area contributed by atoms with Crippen molar-refractivity contribution in [2.75, 3.05) is 20.8 Å². The summed E-state index contributed by atoms with van der Waals surface area (Å²) in [6, 6.07) is 22.2. The van der Waals surface area contributed by atoms with Gasteiger partial charge >= 0.3 is 0 Å². The van der Waals surface area contributed by atoms with Crippen molar-refractivity contribution in [3.8, 4) is 11.5 Å². The van der Waals surface area contributed by atoms with Gasteiger partial charge in [0.05, 0.1) is 25.3 Å². The van der Waals surface area contributed by atoms with E-state index in [-0.39, 0.29) is 5.91 Å². The summed E-state index contributed by atoms with van der Waals surface area (Å²) in [6.45, 7) is 5.68. The Morgan fingerprint density at radius 3 is 2.46 bits per heavy atom. The van der Waals surface area contributed by atoms with Gasteiger partial charge in [0.25, 0.3) is 5.91 Å². The van der Waals surface area contributed by atoms with E-state index in [1.165, 1.54) is 11.1 Å². The smallest absolute Gasteiger partial charge is 0.251 e. The van der Waals surface area contributed by atoms with E-state index < -0.39 is 0 Å². The van der Waals surface area contributed by atoms with Crippen LogP contribution in [0.1, 0.15) is 53.5 Å². The zero-order chi connectivity index (χ0) is 24.8. The number of aromatic nitrogens is 2. The topological polar surface area (TPSA) is 65.4 Å². The number of carbonyl (C=O) groups excluding carboxylic acids is 1. The fourth-order valence-electron chi connectivity index (χ4n) is 4.23. The van der Waals surface area contributed by atoms with Crippen molar-refractivity contribution in [1.82, 2.24) is 14.9 Å². The third kappa shape index (κ3) is 5.48. The minimum atomic E-state index is -0.158. The maximum absolute atomic E-state index is 12.7. The normalized spacial score (nSPS) is 11.9. The predicted molar refractivity (Wildman–Crippen MR) is 140 cm³/mol. The van der Waals surface area contributed by atoms with E-state index >= 15 is 0 Å². The van der Waals surface area contributed by atoms with Gasteiger partial charge in [0, 0.05) is 25.1 Å². The van der Waals surface area contributed by atoms with Gasteiger partial charge in [-0.25, -0.2) is 4.98 Å². The Labute approximate surface area is 206 Å². The molecule has 1 heterocycles. The lowest BCUT2D eigenvalue weighted by Crippen LogP contribution is -2.26. The lowest BCUT2D eigenvalue weighted by Gasteiger charge is -2.13. The molecule has 182 valence electrons. The molecule has 6 heteroatoms. The molecule has 1 atom stereocenters. The molecule has 0 aliphatic rings.